The van der Waals surface area contributed by atoms with Gasteiger partial charge in [0.1, 0.15) is 23.7 Å². The Labute approximate surface area is 180 Å². The van der Waals surface area contributed by atoms with Crippen molar-refractivity contribution in [3.63, 3.8) is 0 Å². The molecule has 0 atom stereocenters. The largest absolute Gasteiger partial charge is 0.497 e. The molecule has 1 amide bonds. The van der Waals surface area contributed by atoms with Gasteiger partial charge in [-0.2, -0.15) is 0 Å². The molecule has 0 aliphatic heterocycles. The van der Waals surface area contributed by atoms with E-state index in [1.54, 1.807) is 48.5 Å². The predicted octanol–water partition coefficient (Wildman–Crippen LogP) is 3.14. The minimum atomic E-state index is -4.14. The second-order valence-corrected chi connectivity index (χ2v) is 8.44. The summed E-state index contributed by atoms with van der Waals surface area (Å²) in [5.74, 6) is 0.732. The molecule has 0 radical (unpaired) electrons. The molecule has 0 saturated carbocycles. The summed E-state index contributed by atoms with van der Waals surface area (Å²) in [7, 11) is -1.12. The highest BCUT2D eigenvalue weighted by molar-refractivity contribution is 7.93. The van der Waals surface area contributed by atoms with Crippen LogP contribution >= 0.6 is 0 Å². The van der Waals surface area contributed by atoms with E-state index in [0.29, 0.717) is 22.9 Å². The second-order valence-electron chi connectivity index (χ2n) is 6.64. The normalized spacial score (nSPS) is 11.1. The fourth-order valence-electron chi connectivity index (χ4n) is 3.05. The van der Waals surface area contributed by atoms with Crippen LogP contribution in [-0.2, 0) is 14.8 Å². The first-order chi connectivity index (χ1) is 14.8. The van der Waals surface area contributed by atoms with Crippen LogP contribution in [0.15, 0.2) is 57.9 Å². The summed E-state index contributed by atoms with van der Waals surface area (Å²) in [6, 6.07) is 13.1. The Morgan fingerprint density at radius 1 is 1.06 bits per heavy atom. The Morgan fingerprint density at radius 2 is 1.74 bits per heavy atom. The van der Waals surface area contributed by atoms with Gasteiger partial charge in [0.25, 0.3) is 10.0 Å². The van der Waals surface area contributed by atoms with Crippen LogP contribution in [0.4, 0.5) is 11.4 Å². The molecule has 3 rings (SSSR count). The summed E-state index contributed by atoms with van der Waals surface area (Å²) >= 11 is 0. The third kappa shape index (κ3) is 4.80. The minimum Gasteiger partial charge on any atom is -0.497 e. The van der Waals surface area contributed by atoms with Crippen LogP contribution in [0.5, 0.6) is 11.5 Å². The number of ether oxygens (including phenoxy) is 2. The quantitative estimate of drug-likeness (QED) is 0.567. The smallest absolute Gasteiger partial charge is 0.270 e. The average Bonchev–Trinajstić information content (AvgIpc) is 3.11. The Morgan fingerprint density at radius 3 is 2.32 bits per heavy atom. The van der Waals surface area contributed by atoms with Gasteiger partial charge in [0, 0.05) is 11.8 Å². The third-order valence-electron chi connectivity index (χ3n) is 4.52. The Kier molecular flexibility index (Phi) is 6.50. The number of carbonyl (C=O) groups excluding carboxylic acids is 1. The van der Waals surface area contributed by atoms with Crippen LogP contribution in [0.3, 0.4) is 0 Å². The number of nitrogens with one attached hydrogen (secondary N) is 1. The van der Waals surface area contributed by atoms with Gasteiger partial charge in [-0.25, -0.2) is 8.42 Å². The SMILES string of the molecule is COc1ccc(N(CC(=O)Nc2cccc(OC)c2)S(=O)(=O)c2c(C)noc2C)cc1. The zero-order valence-electron chi connectivity index (χ0n) is 17.6. The van der Waals surface area contributed by atoms with Crippen molar-refractivity contribution in [3.8, 4) is 11.5 Å². The maximum atomic E-state index is 13.5. The lowest BCUT2D eigenvalue weighted by atomic mass is 10.3. The van der Waals surface area contributed by atoms with Gasteiger partial charge in [-0.15, -0.1) is 0 Å². The first kappa shape index (κ1) is 22.2. The lowest BCUT2D eigenvalue weighted by molar-refractivity contribution is -0.114. The lowest BCUT2D eigenvalue weighted by Gasteiger charge is -2.24. The Balaban J connectivity index is 1.96. The summed E-state index contributed by atoms with van der Waals surface area (Å²) in [5, 5.41) is 6.43. The zero-order chi connectivity index (χ0) is 22.6. The van der Waals surface area contributed by atoms with Crippen LogP contribution in [0.25, 0.3) is 0 Å². The van der Waals surface area contributed by atoms with Crippen LogP contribution < -0.4 is 19.1 Å². The molecule has 1 heterocycles. The maximum absolute atomic E-state index is 13.5. The van der Waals surface area contributed by atoms with Gasteiger partial charge in [0.2, 0.25) is 5.91 Å². The molecular weight excluding hydrogens is 422 g/mol. The number of rotatable bonds is 8. The van der Waals surface area contributed by atoms with E-state index in [0.717, 1.165) is 4.31 Å². The van der Waals surface area contributed by atoms with E-state index >= 15 is 0 Å². The van der Waals surface area contributed by atoms with E-state index in [4.69, 9.17) is 14.0 Å². The standard InChI is InChI=1S/C21H23N3O6S/c1-14-21(15(2)30-23-14)31(26,27)24(17-8-10-18(28-3)11-9-17)13-20(25)22-16-6-5-7-19(12-16)29-4/h5-12H,13H2,1-4H3,(H,22,25). The number of hydrogen-bond donors (Lipinski definition) is 1. The molecule has 3 aromatic rings. The highest BCUT2D eigenvalue weighted by Crippen LogP contribution is 2.29. The number of aryl methyl sites for hydroxylation is 2. The molecule has 0 spiro atoms. The summed E-state index contributed by atoms with van der Waals surface area (Å²) in [5.41, 5.74) is 0.986. The minimum absolute atomic E-state index is 0.0718. The zero-order valence-corrected chi connectivity index (χ0v) is 18.4. The average molecular weight is 445 g/mol. The lowest BCUT2D eigenvalue weighted by Crippen LogP contribution is -2.38. The van der Waals surface area contributed by atoms with E-state index in [1.165, 1.54) is 28.1 Å². The van der Waals surface area contributed by atoms with Crippen molar-refractivity contribution in [3.05, 3.63) is 60.0 Å². The van der Waals surface area contributed by atoms with Crippen molar-refractivity contribution in [1.82, 2.24) is 5.16 Å². The Hall–Kier alpha value is -3.53. The maximum Gasteiger partial charge on any atom is 0.270 e. The number of anilines is 2. The molecule has 0 aliphatic carbocycles. The molecule has 0 fully saturated rings. The molecule has 0 unspecified atom stereocenters. The number of amides is 1. The molecule has 164 valence electrons. The van der Waals surface area contributed by atoms with E-state index in [2.05, 4.69) is 10.5 Å². The van der Waals surface area contributed by atoms with Gasteiger partial charge in [-0.3, -0.25) is 9.10 Å². The number of carbonyl (C=O) groups is 1. The number of sulfonamides is 1. The van der Waals surface area contributed by atoms with Crippen LogP contribution in [0, 0.1) is 13.8 Å². The van der Waals surface area contributed by atoms with Gasteiger partial charge in [0.05, 0.1) is 19.9 Å². The molecule has 2 aromatic carbocycles. The highest BCUT2D eigenvalue weighted by atomic mass is 32.2. The van der Waals surface area contributed by atoms with Gasteiger partial charge < -0.3 is 19.3 Å². The van der Waals surface area contributed by atoms with Gasteiger partial charge >= 0.3 is 0 Å². The molecule has 31 heavy (non-hydrogen) atoms. The van der Waals surface area contributed by atoms with Crippen LogP contribution in [0.1, 0.15) is 11.5 Å². The van der Waals surface area contributed by atoms with E-state index in [1.807, 2.05) is 0 Å². The second kappa shape index (κ2) is 9.09. The van der Waals surface area contributed by atoms with E-state index < -0.39 is 22.5 Å². The third-order valence-corrected chi connectivity index (χ3v) is 6.54. The number of benzene rings is 2. The molecule has 0 aliphatic rings. The van der Waals surface area contributed by atoms with E-state index in [-0.39, 0.29) is 16.3 Å². The van der Waals surface area contributed by atoms with Crippen molar-refractivity contribution in [2.24, 2.45) is 0 Å². The monoisotopic (exact) mass is 445 g/mol. The molecular formula is C21H23N3O6S. The molecule has 0 saturated heterocycles. The number of aromatic nitrogens is 1. The summed E-state index contributed by atoms with van der Waals surface area (Å²) in [6.07, 6.45) is 0. The van der Waals surface area contributed by atoms with Gasteiger partial charge in [-0.05, 0) is 50.2 Å². The first-order valence-electron chi connectivity index (χ1n) is 9.30. The van der Waals surface area contributed by atoms with Gasteiger partial charge in [-0.1, -0.05) is 11.2 Å². The molecule has 1 N–H and O–H groups in total. The summed E-state index contributed by atoms with van der Waals surface area (Å²) < 4.78 is 43.3. The molecule has 10 heteroatoms. The fourth-order valence-corrected chi connectivity index (χ4v) is 4.77. The van der Waals surface area contributed by atoms with Gasteiger partial charge in [0.15, 0.2) is 10.7 Å². The molecule has 1 aromatic heterocycles. The topological polar surface area (TPSA) is 111 Å². The summed E-state index contributed by atoms with van der Waals surface area (Å²) in [4.78, 5) is 12.7. The molecule has 9 nitrogen and oxygen atoms in total. The predicted molar refractivity (Wildman–Crippen MR) is 115 cm³/mol. The number of hydrogen-bond acceptors (Lipinski definition) is 7. The van der Waals surface area contributed by atoms with Crippen molar-refractivity contribution in [2.75, 3.05) is 30.4 Å². The first-order valence-corrected chi connectivity index (χ1v) is 10.7. The Bertz CT molecular complexity index is 1150. The van der Waals surface area contributed by atoms with Crippen molar-refractivity contribution >= 4 is 27.3 Å². The van der Waals surface area contributed by atoms with Crippen molar-refractivity contribution < 1.29 is 27.2 Å². The number of nitrogens with zero attached hydrogens (tertiary/aromatic N) is 2. The highest BCUT2D eigenvalue weighted by Gasteiger charge is 2.33. The molecule has 0 bridgehead atoms. The van der Waals surface area contributed by atoms with Crippen molar-refractivity contribution in [2.45, 2.75) is 18.7 Å². The summed E-state index contributed by atoms with van der Waals surface area (Å²) in [6.45, 7) is 2.58. The van der Waals surface area contributed by atoms with Crippen LogP contribution in [0.2, 0.25) is 0 Å². The van der Waals surface area contributed by atoms with Crippen molar-refractivity contribution in [1.29, 1.82) is 0 Å². The van der Waals surface area contributed by atoms with Crippen LogP contribution in [-0.4, -0.2) is 40.2 Å². The fraction of sp³-hybridized carbons (Fsp3) is 0.238. The van der Waals surface area contributed by atoms with E-state index in [9.17, 15) is 13.2 Å². The number of methoxy groups -OCH3 is 2.